The number of hydrogen-bond acceptors (Lipinski definition) is 6. The summed E-state index contributed by atoms with van der Waals surface area (Å²) in [6.07, 6.45) is 0.810. The van der Waals surface area contributed by atoms with Gasteiger partial charge in [-0.1, -0.05) is 0 Å². The molecule has 0 aliphatic heterocycles. The van der Waals surface area contributed by atoms with Crippen LogP contribution in [0.25, 0.3) is 0 Å². The van der Waals surface area contributed by atoms with Crippen LogP contribution in [0.4, 0.5) is 11.4 Å². The van der Waals surface area contributed by atoms with E-state index in [0.29, 0.717) is 4.31 Å². The maximum absolute atomic E-state index is 11.9. The number of methoxy groups -OCH3 is 1. The van der Waals surface area contributed by atoms with Gasteiger partial charge in [0.05, 0.1) is 18.3 Å². The number of non-ortho nitro benzene ring substituents is 1. The molecule has 0 saturated carbocycles. The summed E-state index contributed by atoms with van der Waals surface area (Å²) in [6, 6.07) is 1.85. The van der Waals surface area contributed by atoms with E-state index in [0.717, 1.165) is 25.3 Å². The summed E-state index contributed by atoms with van der Waals surface area (Å²) in [5.74, 6) is -1.38. The third-order valence-electron chi connectivity index (χ3n) is 2.68. The van der Waals surface area contributed by atoms with Gasteiger partial charge in [-0.3, -0.25) is 14.4 Å². The zero-order chi connectivity index (χ0) is 16.4. The SMILES string of the molecule is COc1ccc([N+](=O)[O-])cc1N(C(C)C(=O)O)S(C)(=O)=O. The van der Waals surface area contributed by atoms with Crippen molar-refractivity contribution in [1.82, 2.24) is 0 Å². The lowest BCUT2D eigenvalue weighted by atomic mass is 10.2. The van der Waals surface area contributed by atoms with Gasteiger partial charge in [-0.25, -0.2) is 13.2 Å². The minimum Gasteiger partial charge on any atom is -0.495 e. The molecule has 1 unspecified atom stereocenters. The Morgan fingerprint density at radius 2 is 2.05 bits per heavy atom. The van der Waals surface area contributed by atoms with E-state index in [1.165, 1.54) is 13.2 Å². The van der Waals surface area contributed by atoms with Crippen molar-refractivity contribution < 1.29 is 28.0 Å². The molecule has 1 N–H and O–H groups in total. The van der Waals surface area contributed by atoms with E-state index in [2.05, 4.69) is 0 Å². The van der Waals surface area contributed by atoms with Crippen LogP contribution in [0.1, 0.15) is 6.92 Å². The lowest BCUT2D eigenvalue weighted by molar-refractivity contribution is -0.384. The molecule has 0 radical (unpaired) electrons. The number of aliphatic carboxylic acids is 1. The van der Waals surface area contributed by atoms with Crippen LogP contribution in [-0.2, 0) is 14.8 Å². The topological polar surface area (TPSA) is 127 Å². The highest BCUT2D eigenvalue weighted by atomic mass is 32.2. The molecule has 0 bridgehead atoms. The minimum atomic E-state index is -3.99. The van der Waals surface area contributed by atoms with Gasteiger partial charge >= 0.3 is 5.97 Å². The van der Waals surface area contributed by atoms with Gasteiger partial charge in [0.1, 0.15) is 17.5 Å². The fourth-order valence-corrected chi connectivity index (χ4v) is 2.90. The molecule has 1 aromatic carbocycles. The molecule has 0 aliphatic rings. The Morgan fingerprint density at radius 3 is 2.43 bits per heavy atom. The summed E-state index contributed by atoms with van der Waals surface area (Å²) in [5, 5.41) is 19.8. The van der Waals surface area contributed by atoms with Gasteiger partial charge in [0, 0.05) is 12.1 Å². The standard InChI is InChI=1S/C11H14N2O7S/c1-7(11(14)15)12(21(3,18)19)9-6-8(13(16)17)4-5-10(9)20-2/h4-7H,1-3H3,(H,14,15). The van der Waals surface area contributed by atoms with Gasteiger partial charge < -0.3 is 9.84 Å². The normalized spacial score (nSPS) is 12.5. The molecule has 0 aromatic heterocycles. The number of carboxylic acids is 1. The fourth-order valence-electron chi connectivity index (χ4n) is 1.74. The number of nitro groups is 1. The maximum atomic E-state index is 11.9. The Kier molecular flexibility index (Phi) is 4.73. The van der Waals surface area contributed by atoms with Crippen molar-refractivity contribution >= 4 is 27.4 Å². The van der Waals surface area contributed by atoms with Crippen LogP contribution in [0.3, 0.4) is 0 Å². The van der Waals surface area contributed by atoms with Gasteiger partial charge in [-0.2, -0.15) is 0 Å². The second kappa shape index (κ2) is 5.95. The number of nitro benzene ring substituents is 1. The third-order valence-corrected chi connectivity index (χ3v) is 3.90. The zero-order valence-electron chi connectivity index (χ0n) is 11.5. The number of carboxylic acid groups (broad SMARTS) is 1. The lowest BCUT2D eigenvalue weighted by Crippen LogP contribution is -2.43. The Morgan fingerprint density at radius 1 is 1.48 bits per heavy atom. The first kappa shape index (κ1) is 16.7. The van der Waals surface area contributed by atoms with Crippen molar-refractivity contribution in [3.05, 3.63) is 28.3 Å². The van der Waals surface area contributed by atoms with Gasteiger partial charge in [0.15, 0.2) is 0 Å². The van der Waals surface area contributed by atoms with E-state index >= 15 is 0 Å². The molecular formula is C11H14N2O7S. The molecule has 21 heavy (non-hydrogen) atoms. The van der Waals surface area contributed by atoms with E-state index in [-0.39, 0.29) is 17.1 Å². The summed E-state index contributed by atoms with van der Waals surface area (Å²) < 4.78 is 29.3. The van der Waals surface area contributed by atoms with Crippen LogP contribution in [0, 0.1) is 10.1 Å². The van der Waals surface area contributed by atoms with E-state index in [1.54, 1.807) is 0 Å². The molecule has 116 valence electrons. The average molecular weight is 318 g/mol. The molecule has 1 rings (SSSR count). The van der Waals surface area contributed by atoms with Crippen LogP contribution < -0.4 is 9.04 Å². The number of hydrogen-bond donors (Lipinski definition) is 1. The highest BCUT2D eigenvalue weighted by molar-refractivity contribution is 7.92. The number of sulfonamides is 1. The minimum absolute atomic E-state index is 0.0131. The van der Waals surface area contributed by atoms with Crippen molar-refractivity contribution in [3.8, 4) is 5.75 Å². The van der Waals surface area contributed by atoms with Crippen LogP contribution in [0.15, 0.2) is 18.2 Å². The maximum Gasteiger partial charge on any atom is 0.327 e. The average Bonchev–Trinajstić information content (AvgIpc) is 2.36. The molecule has 1 atom stereocenters. The lowest BCUT2D eigenvalue weighted by Gasteiger charge is -2.27. The predicted molar refractivity (Wildman–Crippen MR) is 74.1 cm³/mol. The molecule has 0 fully saturated rings. The van der Waals surface area contributed by atoms with Crippen LogP contribution in [0.5, 0.6) is 5.75 Å². The first-order chi connectivity index (χ1) is 9.59. The fraction of sp³-hybridized carbons (Fsp3) is 0.364. The summed E-state index contributed by atoms with van der Waals surface area (Å²) in [6.45, 7) is 1.15. The number of ether oxygens (including phenoxy) is 1. The highest BCUT2D eigenvalue weighted by Crippen LogP contribution is 2.34. The quantitative estimate of drug-likeness (QED) is 0.608. The number of carbonyl (C=O) groups is 1. The molecular weight excluding hydrogens is 304 g/mol. The molecule has 10 heteroatoms. The van der Waals surface area contributed by atoms with Crippen molar-refractivity contribution in [3.63, 3.8) is 0 Å². The van der Waals surface area contributed by atoms with Crippen LogP contribution in [-0.4, -0.2) is 43.8 Å². The Bertz CT molecular complexity index is 671. The molecule has 9 nitrogen and oxygen atoms in total. The van der Waals surface area contributed by atoms with Crippen molar-refractivity contribution in [2.45, 2.75) is 13.0 Å². The Labute approximate surface area is 120 Å². The zero-order valence-corrected chi connectivity index (χ0v) is 12.3. The number of nitrogens with zero attached hydrogens (tertiary/aromatic N) is 2. The first-order valence-corrected chi connectivity index (χ1v) is 7.49. The van der Waals surface area contributed by atoms with Crippen molar-refractivity contribution in [2.75, 3.05) is 17.7 Å². The number of rotatable bonds is 6. The smallest absolute Gasteiger partial charge is 0.327 e. The Hall–Kier alpha value is -2.36. The summed E-state index contributed by atoms with van der Waals surface area (Å²) in [5.41, 5.74) is -0.582. The molecule has 0 heterocycles. The number of anilines is 1. The van der Waals surface area contributed by atoms with Gasteiger partial charge in [-0.05, 0) is 13.0 Å². The second-order valence-electron chi connectivity index (χ2n) is 4.19. The van der Waals surface area contributed by atoms with E-state index < -0.39 is 27.0 Å². The predicted octanol–water partition coefficient (Wildman–Crippen LogP) is 0.843. The molecule has 0 aliphatic carbocycles. The molecule has 0 amide bonds. The van der Waals surface area contributed by atoms with E-state index in [1.807, 2.05) is 0 Å². The van der Waals surface area contributed by atoms with Gasteiger partial charge in [0.25, 0.3) is 5.69 Å². The van der Waals surface area contributed by atoms with Gasteiger partial charge in [0.2, 0.25) is 10.0 Å². The summed E-state index contributed by atoms with van der Waals surface area (Å²) in [7, 11) is -2.74. The van der Waals surface area contributed by atoms with Gasteiger partial charge in [-0.15, -0.1) is 0 Å². The first-order valence-electron chi connectivity index (χ1n) is 5.64. The monoisotopic (exact) mass is 318 g/mol. The summed E-state index contributed by atoms with van der Waals surface area (Å²) in [4.78, 5) is 21.2. The highest BCUT2D eigenvalue weighted by Gasteiger charge is 2.32. The van der Waals surface area contributed by atoms with E-state index in [4.69, 9.17) is 9.84 Å². The molecule has 1 aromatic rings. The van der Waals surface area contributed by atoms with Crippen LogP contribution >= 0.6 is 0 Å². The number of benzene rings is 1. The summed E-state index contributed by atoms with van der Waals surface area (Å²) >= 11 is 0. The van der Waals surface area contributed by atoms with E-state index in [9.17, 15) is 23.3 Å². The third kappa shape index (κ3) is 3.60. The largest absolute Gasteiger partial charge is 0.495 e. The van der Waals surface area contributed by atoms with Crippen molar-refractivity contribution in [2.24, 2.45) is 0 Å². The second-order valence-corrected chi connectivity index (χ2v) is 6.05. The van der Waals surface area contributed by atoms with Crippen molar-refractivity contribution in [1.29, 1.82) is 0 Å². The molecule has 0 saturated heterocycles. The van der Waals surface area contributed by atoms with Crippen LogP contribution in [0.2, 0.25) is 0 Å². The Balaban J connectivity index is 3.60. The molecule has 0 spiro atoms.